The standard InChI is InChI=1S/C23H29N3O/c1-18(2)21-10-6-19(7-11-21)9-13-23(27)25-17-20-8-12-22(24-16-20)26-14-4-3-5-15-26/h6-13,16,18H,3-5,14-15,17H2,1-2H3,(H,25,27). The zero-order chi connectivity index (χ0) is 19.1. The SMILES string of the molecule is CC(C)c1ccc(C=CC(=O)NCc2ccc(N3CCCCC3)nc2)cc1. The third kappa shape index (κ3) is 5.68. The summed E-state index contributed by atoms with van der Waals surface area (Å²) in [4.78, 5) is 18.9. The lowest BCUT2D eigenvalue weighted by Gasteiger charge is -2.27. The van der Waals surface area contributed by atoms with Crippen LogP contribution in [0.15, 0.2) is 48.7 Å². The van der Waals surface area contributed by atoms with Crippen LogP contribution >= 0.6 is 0 Å². The summed E-state index contributed by atoms with van der Waals surface area (Å²) in [6.07, 6.45) is 9.09. The number of nitrogens with one attached hydrogen (secondary N) is 1. The lowest BCUT2D eigenvalue weighted by atomic mass is 10.0. The third-order valence-electron chi connectivity index (χ3n) is 4.99. The quantitative estimate of drug-likeness (QED) is 0.767. The van der Waals surface area contributed by atoms with Crippen molar-refractivity contribution in [1.29, 1.82) is 0 Å². The highest BCUT2D eigenvalue weighted by Crippen LogP contribution is 2.17. The molecular formula is C23H29N3O. The number of nitrogens with zero attached hydrogens (tertiary/aromatic N) is 2. The number of benzene rings is 1. The number of anilines is 1. The summed E-state index contributed by atoms with van der Waals surface area (Å²) in [5.41, 5.74) is 3.35. The van der Waals surface area contributed by atoms with Crippen molar-refractivity contribution in [2.45, 2.75) is 45.6 Å². The lowest BCUT2D eigenvalue weighted by Crippen LogP contribution is -2.30. The Kier molecular flexibility index (Phi) is 6.64. The summed E-state index contributed by atoms with van der Waals surface area (Å²) in [5, 5.41) is 2.92. The monoisotopic (exact) mass is 363 g/mol. The van der Waals surface area contributed by atoms with E-state index in [-0.39, 0.29) is 5.91 Å². The third-order valence-corrected chi connectivity index (χ3v) is 4.99. The fourth-order valence-electron chi connectivity index (χ4n) is 3.24. The molecule has 3 rings (SSSR count). The van der Waals surface area contributed by atoms with E-state index in [1.807, 2.05) is 30.5 Å². The van der Waals surface area contributed by atoms with Crippen molar-refractivity contribution in [3.63, 3.8) is 0 Å². The lowest BCUT2D eigenvalue weighted by molar-refractivity contribution is -0.116. The molecule has 0 atom stereocenters. The molecule has 4 nitrogen and oxygen atoms in total. The van der Waals surface area contributed by atoms with Crippen molar-refractivity contribution in [3.05, 3.63) is 65.4 Å². The molecule has 0 saturated carbocycles. The Morgan fingerprint density at radius 1 is 1.11 bits per heavy atom. The number of hydrogen-bond acceptors (Lipinski definition) is 3. The van der Waals surface area contributed by atoms with Gasteiger partial charge in [0.05, 0.1) is 0 Å². The minimum Gasteiger partial charge on any atom is -0.357 e. The first kappa shape index (κ1) is 19.2. The fourth-order valence-corrected chi connectivity index (χ4v) is 3.24. The van der Waals surface area contributed by atoms with Crippen molar-refractivity contribution in [2.75, 3.05) is 18.0 Å². The van der Waals surface area contributed by atoms with Crippen molar-refractivity contribution in [1.82, 2.24) is 10.3 Å². The number of rotatable bonds is 6. The van der Waals surface area contributed by atoms with Gasteiger partial charge in [0.1, 0.15) is 5.82 Å². The molecule has 0 radical (unpaired) electrons. The number of hydrogen-bond donors (Lipinski definition) is 1. The molecule has 1 saturated heterocycles. The predicted molar refractivity (Wildman–Crippen MR) is 112 cm³/mol. The summed E-state index contributed by atoms with van der Waals surface area (Å²) >= 11 is 0. The van der Waals surface area contributed by atoms with Gasteiger partial charge >= 0.3 is 0 Å². The predicted octanol–water partition coefficient (Wildman–Crippen LogP) is 4.52. The van der Waals surface area contributed by atoms with E-state index in [0.29, 0.717) is 12.5 Å². The van der Waals surface area contributed by atoms with Gasteiger partial charge < -0.3 is 10.2 Å². The maximum Gasteiger partial charge on any atom is 0.244 e. The largest absolute Gasteiger partial charge is 0.357 e. The Morgan fingerprint density at radius 3 is 2.48 bits per heavy atom. The van der Waals surface area contributed by atoms with Gasteiger partial charge in [0.25, 0.3) is 0 Å². The van der Waals surface area contributed by atoms with Gasteiger partial charge in [0.2, 0.25) is 5.91 Å². The molecule has 1 aliphatic heterocycles. The van der Waals surface area contributed by atoms with E-state index in [4.69, 9.17) is 0 Å². The van der Waals surface area contributed by atoms with Gasteiger partial charge in [0, 0.05) is 31.9 Å². The molecule has 2 heterocycles. The summed E-state index contributed by atoms with van der Waals surface area (Å²) in [6, 6.07) is 12.4. The molecule has 1 amide bonds. The number of carbonyl (C=O) groups excluding carboxylic acids is 1. The van der Waals surface area contributed by atoms with Gasteiger partial charge in [-0.2, -0.15) is 0 Å². The molecule has 0 bridgehead atoms. The molecule has 1 aliphatic rings. The first-order valence-corrected chi connectivity index (χ1v) is 9.87. The number of carbonyl (C=O) groups is 1. The van der Waals surface area contributed by atoms with Gasteiger partial charge in [-0.25, -0.2) is 4.98 Å². The average molecular weight is 364 g/mol. The van der Waals surface area contributed by atoms with Crippen LogP contribution in [-0.2, 0) is 11.3 Å². The van der Waals surface area contributed by atoms with Gasteiger partial charge in [-0.05, 0) is 54.0 Å². The minimum absolute atomic E-state index is 0.0944. The summed E-state index contributed by atoms with van der Waals surface area (Å²) in [5.74, 6) is 1.46. The molecule has 27 heavy (non-hydrogen) atoms. The Balaban J connectivity index is 1.48. The van der Waals surface area contributed by atoms with Gasteiger partial charge in [-0.1, -0.05) is 44.2 Å². The summed E-state index contributed by atoms with van der Waals surface area (Å²) < 4.78 is 0. The molecule has 2 aromatic rings. The van der Waals surface area contributed by atoms with Gasteiger partial charge in [-0.15, -0.1) is 0 Å². The molecule has 1 N–H and O–H groups in total. The highest BCUT2D eigenvalue weighted by atomic mass is 16.1. The zero-order valence-electron chi connectivity index (χ0n) is 16.3. The highest BCUT2D eigenvalue weighted by Gasteiger charge is 2.11. The van der Waals surface area contributed by atoms with Gasteiger partial charge in [0.15, 0.2) is 0 Å². The number of pyridine rings is 1. The van der Waals surface area contributed by atoms with E-state index in [1.165, 1.54) is 24.8 Å². The van der Waals surface area contributed by atoms with E-state index in [2.05, 4.69) is 47.2 Å². The van der Waals surface area contributed by atoms with Crippen LogP contribution in [0.1, 0.15) is 55.7 Å². The topological polar surface area (TPSA) is 45.2 Å². The van der Waals surface area contributed by atoms with Crippen molar-refractivity contribution in [3.8, 4) is 0 Å². The van der Waals surface area contributed by atoms with Crippen LogP contribution in [0.25, 0.3) is 6.08 Å². The minimum atomic E-state index is -0.0944. The first-order valence-electron chi connectivity index (χ1n) is 9.87. The van der Waals surface area contributed by atoms with E-state index < -0.39 is 0 Å². The molecule has 0 aliphatic carbocycles. The second-order valence-corrected chi connectivity index (χ2v) is 7.44. The molecule has 142 valence electrons. The number of piperidine rings is 1. The Labute approximate surface area is 162 Å². The van der Waals surface area contributed by atoms with Crippen LogP contribution in [0.5, 0.6) is 0 Å². The second kappa shape index (κ2) is 9.36. The van der Waals surface area contributed by atoms with Crippen LogP contribution < -0.4 is 10.2 Å². The van der Waals surface area contributed by atoms with E-state index >= 15 is 0 Å². The van der Waals surface area contributed by atoms with E-state index in [9.17, 15) is 4.79 Å². The molecule has 1 fully saturated rings. The number of amides is 1. The normalized spacial score (nSPS) is 14.7. The van der Waals surface area contributed by atoms with Crippen molar-refractivity contribution in [2.24, 2.45) is 0 Å². The maximum absolute atomic E-state index is 12.1. The number of aromatic nitrogens is 1. The molecule has 0 unspecified atom stereocenters. The van der Waals surface area contributed by atoms with Crippen LogP contribution in [-0.4, -0.2) is 24.0 Å². The molecule has 1 aromatic carbocycles. The Hall–Kier alpha value is -2.62. The molecule has 1 aromatic heterocycles. The van der Waals surface area contributed by atoms with E-state index in [1.54, 1.807) is 6.08 Å². The van der Waals surface area contributed by atoms with Crippen LogP contribution in [0.2, 0.25) is 0 Å². The second-order valence-electron chi connectivity index (χ2n) is 7.44. The molecular weight excluding hydrogens is 334 g/mol. The van der Waals surface area contributed by atoms with Crippen molar-refractivity contribution >= 4 is 17.8 Å². The Bertz CT molecular complexity index is 757. The highest BCUT2D eigenvalue weighted by molar-refractivity contribution is 5.91. The van der Waals surface area contributed by atoms with Gasteiger partial charge in [-0.3, -0.25) is 4.79 Å². The summed E-state index contributed by atoms with van der Waals surface area (Å²) in [7, 11) is 0. The first-order chi connectivity index (χ1) is 13.1. The maximum atomic E-state index is 12.1. The molecule has 0 spiro atoms. The summed E-state index contributed by atoms with van der Waals surface area (Å²) in [6.45, 7) is 7.01. The van der Waals surface area contributed by atoms with Crippen LogP contribution in [0, 0.1) is 0 Å². The Morgan fingerprint density at radius 2 is 1.85 bits per heavy atom. The zero-order valence-corrected chi connectivity index (χ0v) is 16.3. The van der Waals surface area contributed by atoms with Crippen LogP contribution in [0.4, 0.5) is 5.82 Å². The van der Waals surface area contributed by atoms with Crippen LogP contribution in [0.3, 0.4) is 0 Å². The smallest absolute Gasteiger partial charge is 0.244 e. The van der Waals surface area contributed by atoms with Crippen molar-refractivity contribution < 1.29 is 4.79 Å². The molecule has 4 heteroatoms. The fraction of sp³-hybridized carbons (Fsp3) is 0.391. The average Bonchev–Trinajstić information content (AvgIpc) is 2.72. The van der Waals surface area contributed by atoms with E-state index in [0.717, 1.165) is 30.0 Å².